The quantitative estimate of drug-likeness (QED) is 0.582. The van der Waals surface area contributed by atoms with Gasteiger partial charge in [0.15, 0.2) is 0 Å². The van der Waals surface area contributed by atoms with Gasteiger partial charge in [0, 0.05) is 0 Å². The Labute approximate surface area is 99.4 Å². The molecule has 0 aliphatic heterocycles. The fraction of sp³-hybridized carbons (Fsp3) is 0.500. The molecule has 0 unspecified atom stereocenters. The van der Waals surface area contributed by atoms with E-state index >= 15 is 0 Å². The molecule has 0 nitrogen and oxygen atoms in total. The maximum absolute atomic E-state index is 2.43. The minimum atomic E-state index is 0.243. The lowest BCUT2D eigenvalue weighted by molar-refractivity contribution is 0.503. The highest BCUT2D eigenvalue weighted by Crippen LogP contribution is 2.45. The first-order valence-corrected chi connectivity index (χ1v) is 6.13. The van der Waals surface area contributed by atoms with Gasteiger partial charge in [-0.1, -0.05) is 65.0 Å². The van der Waals surface area contributed by atoms with E-state index in [1.807, 2.05) is 0 Å². The maximum atomic E-state index is 2.43. The molecule has 16 heavy (non-hydrogen) atoms. The van der Waals surface area contributed by atoms with Crippen LogP contribution in [-0.4, -0.2) is 0 Å². The maximum Gasteiger partial charge on any atom is -0.00629 e. The number of fused-ring (bicyclic) bond motifs is 1. The van der Waals surface area contributed by atoms with Crippen molar-refractivity contribution in [2.45, 2.75) is 46.5 Å². The average molecular weight is 214 g/mol. The van der Waals surface area contributed by atoms with Gasteiger partial charge in [-0.3, -0.25) is 0 Å². The predicted molar refractivity (Wildman–Crippen MR) is 71.5 cm³/mol. The molecule has 0 amide bonds. The summed E-state index contributed by atoms with van der Waals surface area (Å²) in [6.07, 6.45) is 3.58. The molecule has 0 aromatic heterocycles. The highest BCUT2D eigenvalue weighted by Gasteiger charge is 2.31. The standard InChI is InChI=1S/C16H22/c1-15(2,3)13-10-11-16(4,5)14-9-7-6-8-12(13)14/h6-10H,11H2,1-5H3. The van der Waals surface area contributed by atoms with E-state index in [1.165, 1.54) is 16.7 Å². The summed E-state index contributed by atoms with van der Waals surface area (Å²) in [5.74, 6) is 0. The van der Waals surface area contributed by atoms with Gasteiger partial charge in [0.2, 0.25) is 0 Å². The molecular formula is C16H22. The lowest BCUT2D eigenvalue weighted by atomic mass is 9.68. The third-order valence-electron chi connectivity index (χ3n) is 3.57. The van der Waals surface area contributed by atoms with Gasteiger partial charge in [0.25, 0.3) is 0 Å². The first-order valence-electron chi connectivity index (χ1n) is 6.13. The molecule has 0 spiro atoms. The van der Waals surface area contributed by atoms with Crippen molar-refractivity contribution >= 4 is 5.57 Å². The third-order valence-corrected chi connectivity index (χ3v) is 3.57. The molecular weight excluding hydrogens is 192 g/mol. The summed E-state index contributed by atoms with van der Waals surface area (Å²) in [6, 6.07) is 8.87. The van der Waals surface area contributed by atoms with Crippen molar-refractivity contribution in [1.82, 2.24) is 0 Å². The molecule has 0 heteroatoms. The molecule has 0 bridgehead atoms. The van der Waals surface area contributed by atoms with E-state index in [0.29, 0.717) is 0 Å². The molecule has 0 heterocycles. The first-order chi connectivity index (χ1) is 7.32. The predicted octanol–water partition coefficient (Wildman–Crippen LogP) is 4.80. The molecule has 86 valence electrons. The van der Waals surface area contributed by atoms with Crippen LogP contribution in [0.4, 0.5) is 0 Å². The fourth-order valence-corrected chi connectivity index (χ4v) is 2.60. The molecule has 2 rings (SSSR count). The number of rotatable bonds is 0. The van der Waals surface area contributed by atoms with Gasteiger partial charge in [0.05, 0.1) is 0 Å². The molecule has 1 aromatic rings. The van der Waals surface area contributed by atoms with Crippen molar-refractivity contribution < 1.29 is 0 Å². The van der Waals surface area contributed by atoms with Crippen molar-refractivity contribution in [2.24, 2.45) is 5.41 Å². The Morgan fingerprint density at radius 3 is 2.31 bits per heavy atom. The first kappa shape index (κ1) is 11.4. The van der Waals surface area contributed by atoms with E-state index in [-0.39, 0.29) is 10.8 Å². The van der Waals surface area contributed by atoms with Crippen LogP contribution in [-0.2, 0) is 5.41 Å². The van der Waals surface area contributed by atoms with Crippen LogP contribution in [0.15, 0.2) is 30.3 Å². The SMILES string of the molecule is CC(C)(C)C1=CCC(C)(C)c2ccccc21. The Bertz CT molecular complexity index is 428. The summed E-state index contributed by atoms with van der Waals surface area (Å²) >= 11 is 0. The Balaban J connectivity index is 2.61. The van der Waals surface area contributed by atoms with Gasteiger partial charge in [-0.25, -0.2) is 0 Å². The molecule has 1 aliphatic carbocycles. The largest absolute Gasteiger partial charge is 0.0793 e. The summed E-state index contributed by atoms with van der Waals surface area (Å²) in [5, 5.41) is 0. The smallest absolute Gasteiger partial charge is 0.00629 e. The van der Waals surface area contributed by atoms with Crippen molar-refractivity contribution in [3.63, 3.8) is 0 Å². The van der Waals surface area contributed by atoms with Crippen LogP contribution in [0.2, 0.25) is 0 Å². The second-order valence-electron chi connectivity index (χ2n) is 6.50. The Kier molecular flexibility index (Phi) is 2.49. The highest BCUT2D eigenvalue weighted by molar-refractivity contribution is 5.74. The molecule has 0 saturated carbocycles. The topological polar surface area (TPSA) is 0 Å². The average Bonchev–Trinajstić information content (AvgIpc) is 2.16. The third kappa shape index (κ3) is 1.81. The normalized spacial score (nSPS) is 18.9. The van der Waals surface area contributed by atoms with E-state index in [1.54, 1.807) is 0 Å². The van der Waals surface area contributed by atoms with Crippen LogP contribution in [0, 0.1) is 5.41 Å². The Morgan fingerprint density at radius 2 is 1.69 bits per heavy atom. The van der Waals surface area contributed by atoms with Gasteiger partial charge in [-0.15, -0.1) is 0 Å². The van der Waals surface area contributed by atoms with Gasteiger partial charge in [-0.2, -0.15) is 0 Å². The Hall–Kier alpha value is -1.04. The lowest BCUT2D eigenvalue weighted by Gasteiger charge is -2.36. The number of hydrogen-bond acceptors (Lipinski definition) is 0. The van der Waals surface area contributed by atoms with Crippen LogP contribution in [0.5, 0.6) is 0 Å². The summed E-state index contributed by atoms with van der Waals surface area (Å²) < 4.78 is 0. The van der Waals surface area contributed by atoms with Gasteiger partial charge in [0.1, 0.15) is 0 Å². The van der Waals surface area contributed by atoms with Gasteiger partial charge < -0.3 is 0 Å². The monoisotopic (exact) mass is 214 g/mol. The zero-order valence-corrected chi connectivity index (χ0v) is 11.1. The number of allylic oxidation sites excluding steroid dienone is 2. The van der Waals surface area contributed by atoms with Crippen molar-refractivity contribution in [2.75, 3.05) is 0 Å². The van der Waals surface area contributed by atoms with Crippen molar-refractivity contribution in [3.05, 3.63) is 41.5 Å². The minimum absolute atomic E-state index is 0.243. The van der Waals surface area contributed by atoms with E-state index < -0.39 is 0 Å². The number of hydrogen-bond donors (Lipinski definition) is 0. The molecule has 0 N–H and O–H groups in total. The van der Waals surface area contributed by atoms with Gasteiger partial charge >= 0.3 is 0 Å². The van der Waals surface area contributed by atoms with E-state index in [9.17, 15) is 0 Å². The van der Waals surface area contributed by atoms with E-state index in [0.717, 1.165) is 6.42 Å². The fourth-order valence-electron chi connectivity index (χ4n) is 2.60. The molecule has 0 saturated heterocycles. The van der Waals surface area contributed by atoms with Crippen LogP contribution >= 0.6 is 0 Å². The second-order valence-corrected chi connectivity index (χ2v) is 6.50. The molecule has 0 atom stereocenters. The van der Waals surface area contributed by atoms with Crippen LogP contribution < -0.4 is 0 Å². The zero-order chi connectivity index (χ0) is 12.0. The second kappa shape index (κ2) is 3.48. The van der Waals surface area contributed by atoms with Crippen LogP contribution in [0.25, 0.3) is 5.57 Å². The van der Waals surface area contributed by atoms with Crippen molar-refractivity contribution in [3.8, 4) is 0 Å². The van der Waals surface area contributed by atoms with Crippen LogP contribution in [0.3, 0.4) is 0 Å². The number of benzene rings is 1. The summed E-state index contributed by atoms with van der Waals surface area (Å²) in [6.45, 7) is 11.6. The van der Waals surface area contributed by atoms with Gasteiger partial charge in [-0.05, 0) is 34.0 Å². The minimum Gasteiger partial charge on any atom is -0.0793 e. The lowest BCUT2D eigenvalue weighted by Crippen LogP contribution is -2.24. The van der Waals surface area contributed by atoms with E-state index in [4.69, 9.17) is 0 Å². The summed E-state index contributed by atoms with van der Waals surface area (Å²) in [5.41, 5.74) is 4.98. The Morgan fingerprint density at radius 1 is 1.06 bits per heavy atom. The zero-order valence-electron chi connectivity index (χ0n) is 11.1. The molecule has 0 radical (unpaired) electrons. The molecule has 1 aromatic carbocycles. The molecule has 1 aliphatic rings. The van der Waals surface area contributed by atoms with E-state index in [2.05, 4.69) is 65.0 Å². The highest BCUT2D eigenvalue weighted by atomic mass is 14.4. The molecule has 0 fully saturated rings. The summed E-state index contributed by atoms with van der Waals surface area (Å²) in [4.78, 5) is 0. The van der Waals surface area contributed by atoms with Crippen LogP contribution in [0.1, 0.15) is 52.2 Å². The summed E-state index contributed by atoms with van der Waals surface area (Å²) in [7, 11) is 0. The van der Waals surface area contributed by atoms with Crippen molar-refractivity contribution in [1.29, 1.82) is 0 Å².